The summed E-state index contributed by atoms with van der Waals surface area (Å²) in [6.45, 7) is 2.75. The van der Waals surface area contributed by atoms with Crippen LogP contribution in [0.3, 0.4) is 0 Å². The van der Waals surface area contributed by atoms with Crippen molar-refractivity contribution >= 4 is 5.91 Å². The highest BCUT2D eigenvalue weighted by Gasteiger charge is 2.29. The van der Waals surface area contributed by atoms with Crippen molar-refractivity contribution in [3.63, 3.8) is 0 Å². The van der Waals surface area contributed by atoms with Gasteiger partial charge in [-0.3, -0.25) is 4.79 Å². The molecule has 1 aromatic rings. The number of benzene rings is 1. The molecule has 0 saturated carbocycles. The third kappa shape index (κ3) is 4.17. The second-order valence-electron chi connectivity index (χ2n) is 5.47. The van der Waals surface area contributed by atoms with Crippen molar-refractivity contribution in [2.45, 2.75) is 38.7 Å². The average molecular weight is 295 g/mol. The molecule has 0 aliphatic carbocycles. The molecular formula is C16H22FNO3. The monoisotopic (exact) mass is 295 g/mol. The van der Waals surface area contributed by atoms with Gasteiger partial charge in [0, 0.05) is 25.1 Å². The van der Waals surface area contributed by atoms with Crippen LogP contribution in [-0.4, -0.2) is 30.3 Å². The van der Waals surface area contributed by atoms with Gasteiger partial charge in [0.1, 0.15) is 11.6 Å². The highest BCUT2D eigenvalue weighted by atomic mass is 19.1. The number of rotatable bonds is 7. The Morgan fingerprint density at radius 1 is 1.52 bits per heavy atom. The van der Waals surface area contributed by atoms with Gasteiger partial charge in [-0.15, -0.1) is 0 Å². The van der Waals surface area contributed by atoms with E-state index in [2.05, 4.69) is 12.2 Å². The number of aliphatic hydroxyl groups is 1. The van der Waals surface area contributed by atoms with E-state index in [0.717, 1.165) is 18.4 Å². The zero-order valence-corrected chi connectivity index (χ0v) is 12.3. The van der Waals surface area contributed by atoms with Crippen molar-refractivity contribution < 1.29 is 19.0 Å². The van der Waals surface area contributed by atoms with Crippen LogP contribution in [0.2, 0.25) is 0 Å². The van der Waals surface area contributed by atoms with Gasteiger partial charge >= 0.3 is 0 Å². The minimum Gasteiger partial charge on any atom is -0.480 e. The van der Waals surface area contributed by atoms with Crippen molar-refractivity contribution in [1.82, 2.24) is 5.32 Å². The van der Waals surface area contributed by atoms with Crippen LogP contribution in [0.5, 0.6) is 5.75 Å². The fraction of sp³-hybridized carbons (Fsp3) is 0.562. The molecule has 2 unspecified atom stereocenters. The van der Waals surface area contributed by atoms with E-state index in [4.69, 9.17) is 9.84 Å². The fourth-order valence-electron chi connectivity index (χ4n) is 2.66. The molecule has 1 aromatic carbocycles. The molecule has 1 aliphatic rings. The Hall–Kier alpha value is -1.62. The summed E-state index contributed by atoms with van der Waals surface area (Å²) in [6.07, 6.45) is 2.49. The van der Waals surface area contributed by atoms with E-state index in [0.29, 0.717) is 25.1 Å². The van der Waals surface area contributed by atoms with Gasteiger partial charge in [-0.2, -0.15) is 0 Å². The van der Waals surface area contributed by atoms with Crippen LogP contribution in [0.4, 0.5) is 4.39 Å². The van der Waals surface area contributed by atoms with Crippen LogP contribution in [0.15, 0.2) is 18.2 Å². The summed E-state index contributed by atoms with van der Waals surface area (Å²) in [6, 6.07) is 4.30. The molecule has 0 aromatic heterocycles. The Kier molecular flexibility index (Phi) is 5.56. The first kappa shape index (κ1) is 15.8. The summed E-state index contributed by atoms with van der Waals surface area (Å²) in [7, 11) is 0. The molecule has 21 heavy (non-hydrogen) atoms. The van der Waals surface area contributed by atoms with Gasteiger partial charge in [0.05, 0.1) is 0 Å². The predicted octanol–water partition coefficient (Wildman–Crippen LogP) is 2.04. The molecule has 4 nitrogen and oxygen atoms in total. The highest BCUT2D eigenvalue weighted by molar-refractivity contribution is 5.82. The largest absolute Gasteiger partial charge is 0.480 e. The number of carbonyl (C=O) groups is 1. The Labute approximate surface area is 124 Å². The number of hydrogen-bond donors (Lipinski definition) is 2. The Balaban J connectivity index is 1.85. The van der Waals surface area contributed by atoms with Crippen LogP contribution in [-0.2, 0) is 11.2 Å². The minimum atomic E-state index is -0.585. The van der Waals surface area contributed by atoms with E-state index in [1.165, 1.54) is 12.1 Å². The quantitative estimate of drug-likeness (QED) is 0.809. The van der Waals surface area contributed by atoms with Gasteiger partial charge in [0.25, 0.3) is 5.91 Å². The summed E-state index contributed by atoms with van der Waals surface area (Å²) >= 11 is 0. The molecule has 0 fully saturated rings. The molecule has 1 heterocycles. The molecule has 2 atom stereocenters. The van der Waals surface area contributed by atoms with E-state index in [1.807, 2.05) is 0 Å². The van der Waals surface area contributed by atoms with Crippen molar-refractivity contribution in [3.05, 3.63) is 29.6 Å². The van der Waals surface area contributed by atoms with Crippen molar-refractivity contribution in [1.29, 1.82) is 0 Å². The second kappa shape index (κ2) is 7.41. The molecule has 5 heteroatoms. The van der Waals surface area contributed by atoms with Crippen LogP contribution >= 0.6 is 0 Å². The summed E-state index contributed by atoms with van der Waals surface area (Å²) in [5.41, 5.74) is 0.732. The maximum absolute atomic E-state index is 13.1. The first-order valence-corrected chi connectivity index (χ1v) is 7.47. The summed E-state index contributed by atoms with van der Waals surface area (Å²) in [4.78, 5) is 12.1. The molecule has 0 saturated heterocycles. The van der Waals surface area contributed by atoms with E-state index < -0.39 is 6.10 Å². The number of carbonyl (C=O) groups excluding carboxylic acids is 1. The SMILES string of the molecule is CCCC(CCO)CNC(=O)C1Cc2cc(F)ccc2O1. The van der Waals surface area contributed by atoms with Gasteiger partial charge in [-0.1, -0.05) is 13.3 Å². The second-order valence-corrected chi connectivity index (χ2v) is 5.47. The van der Waals surface area contributed by atoms with E-state index in [-0.39, 0.29) is 24.2 Å². The van der Waals surface area contributed by atoms with Gasteiger partial charge in [-0.25, -0.2) is 4.39 Å². The van der Waals surface area contributed by atoms with Gasteiger partial charge < -0.3 is 15.2 Å². The zero-order chi connectivity index (χ0) is 15.2. The summed E-state index contributed by atoms with van der Waals surface area (Å²) < 4.78 is 18.7. The molecule has 1 aliphatic heterocycles. The van der Waals surface area contributed by atoms with Crippen LogP contribution in [0, 0.1) is 11.7 Å². The lowest BCUT2D eigenvalue weighted by atomic mass is 10.00. The fourth-order valence-corrected chi connectivity index (χ4v) is 2.66. The lowest BCUT2D eigenvalue weighted by Crippen LogP contribution is -2.40. The predicted molar refractivity (Wildman–Crippen MR) is 77.6 cm³/mol. The lowest BCUT2D eigenvalue weighted by molar-refractivity contribution is -0.127. The zero-order valence-electron chi connectivity index (χ0n) is 12.3. The third-order valence-corrected chi connectivity index (χ3v) is 3.79. The molecule has 0 bridgehead atoms. The topological polar surface area (TPSA) is 58.6 Å². The third-order valence-electron chi connectivity index (χ3n) is 3.79. The number of nitrogens with one attached hydrogen (secondary N) is 1. The lowest BCUT2D eigenvalue weighted by Gasteiger charge is -2.17. The molecular weight excluding hydrogens is 273 g/mol. The first-order valence-electron chi connectivity index (χ1n) is 7.47. The van der Waals surface area contributed by atoms with Gasteiger partial charge in [0.15, 0.2) is 6.10 Å². The van der Waals surface area contributed by atoms with E-state index >= 15 is 0 Å². The molecule has 116 valence electrons. The molecule has 2 rings (SSSR count). The number of ether oxygens (including phenoxy) is 1. The summed E-state index contributed by atoms with van der Waals surface area (Å²) in [5, 5.41) is 11.9. The highest BCUT2D eigenvalue weighted by Crippen LogP contribution is 2.29. The van der Waals surface area contributed by atoms with E-state index in [9.17, 15) is 9.18 Å². The van der Waals surface area contributed by atoms with Gasteiger partial charge in [0.2, 0.25) is 0 Å². The smallest absolute Gasteiger partial charge is 0.261 e. The van der Waals surface area contributed by atoms with Crippen molar-refractivity contribution in [2.75, 3.05) is 13.2 Å². The molecule has 0 spiro atoms. The number of halogens is 1. The van der Waals surface area contributed by atoms with Crippen LogP contribution in [0.25, 0.3) is 0 Å². The first-order chi connectivity index (χ1) is 10.1. The van der Waals surface area contributed by atoms with E-state index in [1.54, 1.807) is 6.07 Å². The number of fused-ring (bicyclic) bond motifs is 1. The number of hydrogen-bond acceptors (Lipinski definition) is 3. The Morgan fingerprint density at radius 2 is 2.33 bits per heavy atom. The number of amides is 1. The minimum absolute atomic E-state index is 0.130. The van der Waals surface area contributed by atoms with Crippen molar-refractivity contribution in [3.8, 4) is 5.75 Å². The maximum atomic E-state index is 13.1. The maximum Gasteiger partial charge on any atom is 0.261 e. The standard InChI is InChI=1S/C16H22FNO3/c1-2-3-11(6-7-19)10-18-16(20)15-9-12-8-13(17)4-5-14(12)21-15/h4-5,8,11,15,19H,2-3,6-7,9-10H2,1H3,(H,18,20). The molecule has 2 N–H and O–H groups in total. The average Bonchev–Trinajstić information content (AvgIpc) is 2.88. The Morgan fingerprint density at radius 3 is 3.05 bits per heavy atom. The van der Waals surface area contributed by atoms with Gasteiger partial charge in [-0.05, 0) is 37.0 Å². The summed E-state index contributed by atoms with van der Waals surface area (Å²) in [5.74, 6) is 0.372. The molecule has 1 amide bonds. The Bertz CT molecular complexity index is 486. The van der Waals surface area contributed by atoms with Crippen LogP contribution < -0.4 is 10.1 Å². The van der Waals surface area contributed by atoms with Crippen LogP contribution in [0.1, 0.15) is 31.7 Å². The number of aliphatic hydroxyl groups excluding tert-OH is 1. The normalized spacial score (nSPS) is 18.0. The molecule has 0 radical (unpaired) electrons. The van der Waals surface area contributed by atoms with Crippen molar-refractivity contribution in [2.24, 2.45) is 5.92 Å².